The number of benzene rings is 1. The fourth-order valence-electron chi connectivity index (χ4n) is 1.41. The summed E-state index contributed by atoms with van der Waals surface area (Å²) >= 11 is 0. The predicted molar refractivity (Wildman–Crippen MR) is 58.0 cm³/mol. The lowest BCUT2D eigenvalue weighted by atomic mass is 10.1. The Balaban J connectivity index is 3.08. The lowest BCUT2D eigenvalue weighted by molar-refractivity contribution is -0.138. The fourth-order valence-corrected chi connectivity index (χ4v) is 2.64. The van der Waals surface area contributed by atoms with Crippen LogP contribution in [0.3, 0.4) is 0 Å². The summed E-state index contributed by atoms with van der Waals surface area (Å²) in [6, 6.07) is 4.63. The van der Waals surface area contributed by atoms with Gasteiger partial charge >= 0.3 is 6.18 Å². The van der Waals surface area contributed by atoms with Crippen LogP contribution in [-0.4, -0.2) is 20.7 Å². The normalized spacial score (nSPS) is 12.7. The van der Waals surface area contributed by atoms with Gasteiger partial charge in [0, 0.05) is 6.54 Å². The fraction of sp³-hybridized carbons (Fsp3) is 0.400. The largest absolute Gasteiger partial charge is 0.416 e. The minimum Gasteiger partial charge on any atom is -0.329 e. The van der Waals surface area contributed by atoms with Crippen LogP contribution >= 0.6 is 0 Å². The van der Waals surface area contributed by atoms with Gasteiger partial charge in [-0.2, -0.15) is 13.2 Å². The third-order valence-corrected chi connectivity index (χ3v) is 3.74. The monoisotopic (exact) mass is 267 g/mol. The molecule has 1 aromatic carbocycles. The SMILES string of the molecule is NCCS(=O)(=O)Cc1ccccc1C(F)(F)F. The first-order valence-electron chi connectivity index (χ1n) is 4.82. The van der Waals surface area contributed by atoms with Gasteiger partial charge in [0.1, 0.15) is 0 Å². The Hall–Kier alpha value is -1.08. The van der Waals surface area contributed by atoms with Crippen molar-refractivity contribution < 1.29 is 21.6 Å². The summed E-state index contributed by atoms with van der Waals surface area (Å²) in [6.45, 7) is -0.101. The number of sulfone groups is 1. The molecule has 0 aliphatic carbocycles. The maximum absolute atomic E-state index is 12.6. The van der Waals surface area contributed by atoms with Crippen molar-refractivity contribution >= 4 is 9.84 Å². The molecule has 0 saturated carbocycles. The molecule has 3 nitrogen and oxygen atoms in total. The molecule has 1 rings (SSSR count). The predicted octanol–water partition coefficient (Wildman–Crippen LogP) is 1.58. The highest BCUT2D eigenvalue weighted by Crippen LogP contribution is 2.32. The van der Waals surface area contributed by atoms with E-state index in [1.165, 1.54) is 12.1 Å². The molecule has 0 amide bonds. The minimum absolute atomic E-state index is 0.101. The van der Waals surface area contributed by atoms with Crippen LogP contribution in [0.25, 0.3) is 0 Å². The second-order valence-electron chi connectivity index (χ2n) is 3.54. The molecule has 0 aliphatic rings. The van der Waals surface area contributed by atoms with Crippen LogP contribution in [0.2, 0.25) is 0 Å². The molecule has 17 heavy (non-hydrogen) atoms. The van der Waals surface area contributed by atoms with Crippen LogP contribution in [-0.2, 0) is 21.8 Å². The van der Waals surface area contributed by atoms with Crippen LogP contribution in [0, 0.1) is 0 Å². The average Bonchev–Trinajstić information content (AvgIpc) is 2.15. The van der Waals surface area contributed by atoms with Crippen molar-refractivity contribution in [3.8, 4) is 0 Å². The van der Waals surface area contributed by atoms with Gasteiger partial charge in [-0.1, -0.05) is 18.2 Å². The van der Waals surface area contributed by atoms with Crippen molar-refractivity contribution in [2.75, 3.05) is 12.3 Å². The van der Waals surface area contributed by atoms with E-state index in [1.807, 2.05) is 0 Å². The molecule has 0 bridgehead atoms. The average molecular weight is 267 g/mol. The van der Waals surface area contributed by atoms with Crippen molar-refractivity contribution in [3.05, 3.63) is 35.4 Å². The van der Waals surface area contributed by atoms with Crippen molar-refractivity contribution in [3.63, 3.8) is 0 Å². The zero-order valence-electron chi connectivity index (χ0n) is 8.87. The van der Waals surface area contributed by atoms with Gasteiger partial charge in [-0.3, -0.25) is 0 Å². The number of hydrogen-bond acceptors (Lipinski definition) is 3. The first-order valence-corrected chi connectivity index (χ1v) is 6.64. The van der Waals surface area contributed by atoms with Crippen molar-refractivity contribution in [1.82, 2.24) is 0 Å². The Morgan fingerprint density at radius 1 is 1.18 bits per heavy atom. The summed E-state index contributed by atoms with van der Waals surface area (Å²) in [5.41, 5.74) is 3.93. The van der Waals surface area contributed by atoms with E-state index in [-0.39, 0.29) is 17.9 Å². The number of rotatable bonds is 4. The summed E-state index contributed by atoms with van der Waals surface area (Å²) in [4.78, 5) is 0. The Morgan fingerprint density at radius 2 is 1.76 bits per heavy atom. The van der Waals surface area contributed by atoms with E-state index < -0.39 is 27.3 Å². The summed E-state index contributed by atoms with van der Waals surface area (Å²) in [5.74, 6) is -0.959. The highest BCUT2D eigenvalue weighted by atomic mass is 32.2. The van der Waals surface area contributed by atoms with Gasteiger partial charge in [0.25, 0.3) is 0 Å². The van der Waals surface area contributed by atoms with E-state index in [0.717, 1.165) is 12.1 Å². The van der Waals surface area contributed by atoms with Gasteiger partial charge in [0.15, 0.2) is 9.84 Å². The molecule has 0 saturated heterocycles. The van der Waals surface area contributed by atoms with Crippen LogP contribution in [0.4, 0.5) is 13.2 Å². The zero-order chi connectivity index (χ0) is 13.1. The van der Waals surface area contributed by atoms with Gasteiger partial charge in [0.2, 0.25) is 0 Å². The quantitative estimate of drug-likeness (QED) is 0.901. The van der Waals surface area contributed by atoms with Crippen LogP contribution in [0.1, 0.15) is 11.1 Å². The van der Waals surface area contributed by atoms with Crippen LogP contribution in [0.5, 0.6) is 0 Å². The van der Waals surface area contributed by atoms with E-state index in [4.69, 9.17) is 5.73 Å². The molecule has 0 heterocycles. The Labute approximate surface area is 97.4 Å². The maximum atomic E-state index is 12.6. The highest BCUT2D eigenvalue weighted by molar-refractivity contribution is 7.90. The van der Waals surface area contributed by atoms with Gasteiger partial charge < -0.3 is 5.73 Å². The molecule has 0 atom stereocenters. The lowest BCUT2D eigenvalue weighted by Crippen LogP contribution is -2.19. The second-order valence-corrected chi connectivity index (χ2v) is 5.72. The van der Waals surface area contributed by atoms with Crippen molar-refractivity contribution in [2.24, 2.45) is 5.73 Å². The van der Waals surface area contributed by atoms with Crippen molar-refractivity contribution in [2.45, 2.75) is 11.9 Å². The molecule has 0 fully saturated rings. The number of nitrogens with two attached hydrogens (primary N) is 1. The molecular formula is C10H12F3NO2S. The third-order valence-electron chi connectivity index (χ3n) is 2.13. The summed E-state index contributed by atoms with van der Waals surface area (Å²) < 4.78 is 60.6. The molecule has 2 N–H and O–H groups in total. The summed E-state index contributed by atoms with van der Waals surface area (Å²) in [5, 5.41) is 0. The molecule has 0 aromatic heterocycles. The van der Waals surface area contributed by atoms with E-state index in [2.05, 4.69) is 0 Å². The van der Waals surface area contributed by atoms with Gasteiger partial charge in [-0.15, -0.1) is 0 Å². The summed E-state index contributed by atoms with van der Waals surface area (Å²) in [7, 11) is -3.59. The van der Waals surface area contributed by atoms with E-state index >= 15 is 0 Å². The second kappa shape index (κ2) is 5.05. The molecule has 7 heteroatoms. The molecule has 0 spiro atoms. The van der Waals surface area contributed by atoms with Crippen LogP contribution < -0.4 is 5.73 Å². The Morgan fingerprint density at radius 3 is 2.29 bits per heavy atom. The first-order chi connectivity index (χ1) is 7.76. The van der Waals surface area contributed by atoms with Crippen LogP contribution in [0.15, 0.2) is 24.3 Å². The Bertz CT molecular complexity index is 483. The molecular weight excluding hydrogens is 255 g/mol. The lowest BCUT2D eigenvalue weighted by Gasteiger charge is -2.12. The van der Waals surface area contributed by atoms with E-state index in [0.29, 0.717) is 0 Å². The molecule has 96 valence electrons. The third kappa shape index (κ3) is 4.01. The topological polar surface area (TPSA) is 60.2 Å². The molecule has 0 unspecified atom stereocenters. The van der Waals surface area contributed by atoms with E-state index in [1.54, 1.807) is 0 Å². The zero-order valence-corrected chi connectivity index (χ0v) is 9.68. The van der Waals surface area contributed by atoms with E-state index in [9.17, 15) is 21.6 Å². The number of halogens is 3. The molecule has 1 aromatic rings. The standard InChI is InChI=1S/C10H12F3NO2S/c11-10(12,13)9-4-2-1-3-8(9)7-17(15,16)6-5-14/h1-4H,5-7,14H2. The van der Waals surface area contributed by atoms with Gasteiger partial charge in [0.05, 0.1) is 17.1 Å². The molecule has 0 aliphatic heterocycles. The van der Waals surface area contributed by atoms with Crippen molar-refractivity contribution in [1.29, 1.82) is 0 Å². The van der Waals surface area contributed by atoms with Gasteiger partial charge in [-0.05, 0) is 11.6 Å². The highest BCUT2D eigenvalue weighted by Gasteiger charge is 2.33. The Kier molecular flexibility index (Phi) is 4.16. The summed E-state index contributed by atoms with van der Waals surface area (Å²) in [6.07, 6.45) is -4.55. The smallest absolute Gasteiger partial charge is 0.329 e. The molecule has 0 radical (unpaired) electrons. The van der Waals surface area contributed by atoms with Gasteiger partial charge in [-0.25, -0.2) is 8.42 Å². The number of hydrogen-bond donors (Lipinski definition) is 1. The number of alkyl halides is 3. The minimum atomic E-state index is -4.55. The first kappa shape index (κ1) is 14.0. The maximum Gasteiger partial charge on any atom is 0.416 e.